The van der Waals surface area contributed by atoms with Crippen LogP contribution in [0.3, 0.4) is 0 Å². The van der Waals surface area contributed by atoms with Crippen LogP contribution in [0.1, 0.15) is 11.3 Å². The third-order valence-electron chi connectivity index (χ3n) is 2.48. The third-order valence-corrected chi connectivity index (χ3v) is 4.29. The number of aromatic nitrogens is 1. The van der Waals surface area contributed by atoms with Crippen molar-refractivity contribution in [3.8, 4) is 0 Å². The maximum atomic E-state index is 12.5. The SMILES string of the molecule is Cc1cnc(N2CC(CS(=O)(=O)F)CC2=O)s1. The van der Waals surface area contributed by atoms with Crippen LogP contribution < -0.4 is 4.90 Å². The first-order valence-corrected chi connectivity index (χ1v) is 7.37. The van der Waals surface area contributed by atoms with E-state index in [1.807, 2.05) is 6.92 Å². The number of hydrogen-bond acceptors (Lipinski definition) is 5. The minimum atomic E-state index is -4.53. The van der Waals surface area contributed by atoms with Gasteiger partial charge < -0.3 is 0 Å². The Bertz CT molecular complexity index is 540. The van der Waals surface area contributed by atoms with E-state index in [-0.39, 0.29) is 18.9 Å². The van der Waals surface area contributed by atoms with Crippen LogP contribution in [-0.4, -0.2) is 31.6 Å². The largest absolute Gasteiger partial charge is 0.302 e. The predicted molar refractivity (Wildman–Crippen MR) is 62.2 cm³/mol. The summed E-state index contributed by atoms with van der Waals surface area (Å²) in [5.74, 6) is -1.28. The second kappa shape index (κ2) is 4.34. The van der Waals surface area contributed by atoms with Gasteiger partial charge in [0, 0.05) is 30.0 Å². The van der Waals surface area contributed by atoms with Crippen molar-refractivity contribution in [1.82, 2.24) is 4.98 Å². The average Bonchev–Trinajstić information content (AvgIpc) is 2.70. The molecule has 5 nitrogen and oxygen atoms in total. The van der Waals surface area contributed by atoms with Crippen LogP contribution in [0.15, 0.2) is 6.20 Å². The van der Waals surface area contributed by atoms with Crippen LogP contribution in [0.5, 0.6) is 0 Å². The predicted octanol–water partition coefficient (Wildman–Crippen LogP) is 1.10. The first-order chi connectivity index (χ1) is 7.85. The highest BCUT2D eigenvalue weighted by Gasteiger charge is 2.34. The minimum Gasteiger partial charge on any atom is -0.288 e. The monoisotopic (exact) mass is 278 g/mol. The average molecular weight is 278 g/mol. The molecule has 8 heteroatoms. The van der Waals surface area contributed by atoms with Crippen LogP contribution in [-0.2, 0) is 15.0 Å². The van der Waals surface area contributed by atoms with Gasteiger partial charge in [-0.25, -0.2) is 4.98 Å². The fourth-order valence-electron chi connectivity index (χ4n) is 1.83. The Morgan fingerprint density at radius 2 is 2.35 bits per heavy atom. The molecule has 2 heterocycles. The minimum absolute atomic E-state index is 0.0573. The summed E-state index contributed by atoms with van der Waals surface area (Å²) in [6.45, 7) is 2.08. The summed E-state index contributed by atoms with van der Waals surface area (Å²) in [5.41, 5.74) is 0. The van der Waals surface area contributed by atoms with E-state index in [0.29, 0.717) is 5.13 Å². The fraction of sp³-hybridized carbons (Fsp3) is 0.556. The molecule has 1 amide bonds. The molecule has 1 fully saturated rings. The normalized spacial score (nSPS) is 21.2. The second-order valence-electron chi connectivity index (χ2n) is 4.03. The number of thiazole rings is 1. The van der Waals surface area contributed by atoms with Crippen LogP contribution in [0.25, 0.3) is 0 Å². The molecule has 17 heavy (non-hydrogen) atoms. The lowest BCUT2D eigenvalue weighted by Crippen LogP contribution is -2.25. The number of hydrogen-bond donors (Lipinski definition) is 0. The molecule has 1 aliphatic heterocycles. The summed E-state index contributed by atoms with van der Waals surface area (Å²) in [6.07, 6.45) is 1.70. The van der Waals surface area contributed by atoms with Crippen LogP contribution in [0, 0.1) is 12.8 Å². The van der Waals surface area contributed by atoms with Crippen LogP contribution >= 0.6 is 11.3 Å². The Morgan fingerprint density at radius 1 is 1.65 bits per heavy atom. The summed E-state index contributed by atoms with van der Waals surface area (Å²) >= 11 is 1.36. The summed E-state index contributed by atoms with van der Waals surface area (Å²) < 4.78 is 33.6. The van der Waals surface area contributed by atoms with Crippen molar-refractivity contribution in [3.05, 3.63) is 11.1 Å². The molecule has 0 bridgehead atoms. The smallest absolute Gasteiger partial charge is 0.288 e. The molecule has 0 aliphatic carbocycles. The van der Waals surface area contributed by atoms with Crippen molar-refractivity contribution >= 4 is 32.6 Å². The van der Waals surface area contributed by atoms with E-state index in [9.17, 15) is 17.1 Å². The molecule has 94 valence electrons. The van der Waals surface area contributed by atoms with Crippen molar-refractivity contribution < 1.29 is 17.1 Å². The van der Waals surface area contributed by atoms with Gasteiger partial charge in [-0.3, -0.25) is 9.69 Å². The van der Waals surface area contributed by atoms with Gasteiger partial charge in [-0.05, 0) is 6.92 Å². The standard InChI is InChI=1S/C9H11FN2O3S2/c1-6-3-11-9(16-6)12-4-7(2-8(12)13)5-17(10,14)15/h3,7H,2,4-5H2,1H3. The summed E-state index contributed by atoms with van der Waals surface area (Å²) in [7, 11) is -4.53. The Hall–Kier alpha value is -1.02. The number of carbonyl (C=O) groups is 1. The van der Waals surface area contributed by atoms with E-state index in [1.54, 1.807) is 6.20 Å². The van der Waals surface area contributed by atoms with Crippen molar-refractivity contribution in [3.63, 3.8) is 0 Å². The molecule has 0 radical (unpaired) electrons. The lowest BCUT2D eigenvalue weighted by molar-refractivity contribution is -0.117. The quantitative estimate of drug-likeness (QED) is 0.777. The molecule has 1 aromatic rings. The highest BCUT2D eigenvalue weighted by molar-refractivity contribution is 7.86. The number of anilines is 1. The summed E-state index contributed by atoms with van der Waals surface area (Å²) in [5, 5.41) is 0.547. The molecule has 1 atom stereocenters. The first kappa shape index (κ1) is 12.4. The lowest BCUT2D eigenvalue weighted by Gasteiger charge is -2.11. The number of carbonyl (C=O) groups excluding carboxylic acids is 1. The first-order valence-electron chi connectivity index (χ1n) is 5.00. The zero-order chi connectivity index (χ0) is 12.6. The lowest BCUT2D eigenvalue weighted by atomic mass is 10.1. The fourth-order valence-corrected chi connectivity index (χ4v) is 3.40. The molecule has 0 aromatic carbocycles. The van der Waals surface area contributed by atoms with Gasteiger partial charge in [-0.1, -0.05) is 0 Å². The van der Waals surface area contributed by atoms with Gasteiger partial charge in [0.05, 0.1) is 5.75 Å². The van der Waals surface area contributed by atoms with Crippen molar-refractivity contribution in [2.45, 2.75) is 13.3 Å². The molecular formula is C9H11FN2O3S2. The number of halogens is 1. The van der Waals surface area contributed by atoms with Gasteiger partial charge in [0.1, 0.15) is 0 Å². The van der Waals surface area contributed by atoms with Gasteiger partial charge in [0.25, 0.3) is 0 Å². The summed E-state index contributed by atoms with van der Waals surface area (Å²) in [4.78, 5) is 18.1. The van der Waals surface area contributed by atoms with E-state index in [2.05, 4.69) is 4.98 Å². The zero-order valence-corrected chi connectivity index (χ0v) is 10.7. The third kappa shape index (κ3) is 3.01. The molecule has 0 N–H and O–H groups in total. The molecule has 1 aliphatic rings. The van der Waals surface area contributed by atoms with Crippen LogP contribution in [0.2, 0.25) is 0 Å². The number of aryl methyl sites for hydroxylation is 1. The topological polar surface area (TPSA) is 67.3 Å². The Balaban J connectivity index is 2.10. The Labute approximate surface area is 102 Å². The Morgan fingerprint density at radius 3 is 2.88 bits per heavy atom. The number of nitrogens with zero attached hydrogens (tertiary/aromatic N) is 2. The second-order valence-corrected chi connectivity index (χ2v) is 6.66. The molecule has 1 unspecified atom stereocenters. The van der Waals surface area contributed by atoms with E-state index in [0.717, 1.165) is 4.88 Å². The van der Waals surface area contributed by atoms with E-state index < -0.39 is 21.9 Å². The Kier molecular flexibility index (Phi) is 3.17. The maximum Gasteiger partial charge on any atom is 0.302 e. The number of rotatable bonds is 3. The van der Waals surface area contributed by atoms with Gasteiger partial charge in [0.15, 0.2) is 5.13 Å². The van der Waals surface area contributed by atoms with Gasteiger partial charge in [-0.15, -0.1) is 15.2 Å². The van der Waals surface area contributed by atoms with E-state index in [4.69, 9.17) is 0 Å². The summed E-state index contributed by atoms with van der Waals surface area (Å²) in [6, 6.07) is 0. The molecule has 1 saturated heterocycles. The van der Waals surface area contributed by atoms with Gasteiger partial charge in [0.2, 0.25) is 5.91 Å². The highest BCUT2D eigenvalue weighted by atomic mass is 32.3. The van der Waals surface area contributed by atoms with E-state index in [1.165, 1.54) is 16.2 Å². The molecule has 0 saturated carbocycles. The highest BCUT2D eigenvalue weighted by Crippen LogP contribution is 2.29. The van der Waals surface area contributed by atoms with Crippen LogP contribution in [0.4, 0.5) is 9.02 Å². The van der Waals surface area contributed by atoms with E-state index >= 15 is 0 Å². The van der Waals surface area contributed by atoms with Gasteiger partial charge >= 0.3 is 10.2 Å². The maximum absolute atomic E-state index is 12.5. The molecule has 2 rings (SSSR count). The number of amides is 1. The van der Waals surface area contributed by atoms with Crippen molar-refractivity contribution in [2.24, 2.45) is 5.92 Å². The molecule has 0 spiro atoms. The zero-order valence-electron chi connectivity index (χ0n) is 9.09. The van der Waals surface area contributed by atoms with Crippen molar-refractivity contribution in [2.75, 3.05) is 17.2 Å². The van der Waals surface area contributed by atoms with Gasteiger partial charge in [-0.2, -0.15) is 8.42 Å². The van der Waals surface area contributed by atoms with Crippen molar-refractivity contribution in [1.29, 1.82) is 0 Å². The molecule has 1 aromatic heterocycles. The molecular weight excluding hydrogens is 267 g/mol.